The first kappa shape index (κ1) is 8.63. The molecule has 1 N–H and O–H groups in total. The van der Waals surface area contributed by atoms with Crippen LogP contribution in [-0.4, -0.2) is 13.1 Å². The lowest BCUT2D eigenvalue weighted by molar-refractivity contribution is 0.0880. The van der Waals surface area contributed by atoms with Gasteiger partial charge in [0.25, 0.3) is 0 Å². The minimum Gasteiger partial charge on any atom is -0.310 e. The lowest BCUT2D eigenvalue weighted by Gasteiger charge is -2.36. The predicted octanol–water partition coefficient (Wildman–Crippen LogP) is 1.90. The average molecular weight is 183 g/mol. The summed E-state index contributed by atoms with van der Waals surface area (Å²) in [6, 6.07) is 4.26. The second-order valence-electron chi connectivity index (χ2n) is 3.53. The van der Waals surface area contributed by atoms with Crippen molar-refractivity contribution < 1.29 is 8.78 Å². The largest absolute Gasteiger partial charge is 0.310 e. The molecule has 0 atom stereocenters. The topological polar surface area (TPSA) is 12.0 Å². The highest BCUT2D eigenvalue weighted by atomic mass is 19.1. The molecule has 1 nitrogen and oxygen atoms in total. The van der Waals surface area contributed by atoms with E-state index in [1.165, 1.54) is 12.1 Å². The number of aryl methyl sites for hydroxylation is 1. The van der Waals surface area contributed by atoms with Crippen LogP contribution < -0.4 is 5.32 Å². The van der Waals surface area contributed by atoms with Gasteiger partial charge in [0.2, 0.25) is 0 Å². The monoisotopic (exact) mass is 183 g/mol. The zero-order valence-corrected chi connectivity index (χ0v) is 7.40. The van der Waals surface area contributed by atoms with E-state index < -0.39 is 5.67 Å². The number of hydrogen-bond acceptors (Lipinski definition) is 1. The Labute approximate surface area is 75.8 Å². The molecule has 13 heavy (non-hydrogen) atoms. The van der Waals surface area contributed by atoms with Crippen LogP contribution in [0.2, 0.25) is 0 Å². The molecule has 1 heterocycles. The molecule has 1 aromatic carbocycles. The summed E-state index contributed by atoms with van der Waals surface area (Å²) in [6.07, 6.45) is 0. The average Bonchev–Trinajstić information content (AvgIpc) is 2.05. The Balaban J connectivity index is 2.43. The van der Waals surface area contributed by atoms with Crippen molar-refractivity contribution in [2.75, 3.05) is 13.1 Å². The minimum atomic E-state index is -1.35. The third kappa shape index (κ3) is 1.33. The van der Waals surface area contributed by atoms with Gasteiger partial charge in [0, 0.05) is 13.1 Å². The van der Waals surface area contributed by atoms with E-state index in [4.69, 9.17) is 0 Å². The van der Waals surface area contributed by atoms with Crippen LogP contribution in [0.25, 0.3) is 0 Å². The predicted molar refractivity (Wildman–Crippen MR) is 46.8 cm³/mol. The molecule has 1 saturated heterocycles. The van der Waals surface area contributed by atoms with Gasteiger partial charge in [-0.1, -0.05) is 6.07 Å². The van der Waals surface area contributed by atoms with Crippen molar-refractivity contribution in [2.24, 2.45) is 0 Å². The first-order valence-corrected chi connectivity index (χ1v) is 4.28. The molecule has 1 aliphatic heterocycles. The third-order valence-corrected chi connectivity index (χ3v) is 2.49. The van der Waals surface area contributed by atoms with Gasteiger partial charge in [-0.25, -0.2) is 8.78 Å². The van der Waals surface area contributed by atoms with Crippen LogP contribution in [0.4, 0.5) is 8.78 Å². The highest BCUT2D eigenvalue weighted by Gasteiger charge is 2.39. The molecule has 70 valence electrons. The molecule has 0 bridgehead atoms. The summed E-state index contributed by atoms with van der Waals surface area (Å²) < 4.78 is 26.7. The molecule has 0 radical (unpaired) electrons. The molecule has 0 saturated carbocycles. The van der Waals surface area contributed by atoms with Crippen molar-refractivity contribution in [3.8, 4) is 0 Å². The smallest absolute Gasteiger partial charge is 0.161 e. The van der Waals surface area contributed by atoms with Gasteiger partial charge in [0.1, 0.15) is 5.82 Å². The molecule has 0 unspecified atom stereocenters. The molecule has 2 rings (SSSR count). The summed E-state index contributed by atoms with van der Waals surface area (Å²) in [5, 5.41) is 2.85. The van der Waals surface area contributed by atoms with Crippen molar-refractivity contribution in [3.63, 3.8) is 0 Å². The van der Waals surface area contributed by atoms with Gasteiger partial charge in [-0.05, 0) is 30.2 Å². The zero-order chi connectivity index (χ0) is 9.47. The van der Waals surface area contributed by atoms with E-state index in [1.807, 2.05) is 0 Å². The summed E-state index contributed by atoms with van der Waals surface area (Å²) in [5.41, 5.74) is -0.0664. The summed E-state index contributed by atoms with van der Waals surface area (Å²) in [7, 11) is 0. The fourth-order valence-corrected chi connectivity index (χ4v) is 1.61. The van der Waals surface area contributed by atoms with Gasteiger partial charge < -0.3 is 5.32 Å². The van der Waals surface area contributed by atoms with Crippen LogP contribution in [0.3, 0.4) is 0 Å². The van der Waals surface area contributed by atoms with Gasteiger partial charge in [0.15, 0.2) is 5.67 Å². The summed E-state index contributed by atoms with van der Waals surface area (Å²) in [4.78, 5) is 0. The van der Waals surface area contributed by atoms with Gasteiger partial charge in [-0.3, -0.25) is 0 Å². The SMILES string of the molecule is Cc1ccc(F)cc1C1(F)CNC1. The number of halogens is 2. The molecule has 0 spiro atoms. The highest BCUT2D eigenvalue weighted by Crippen LogP contribution is 2.32. The Morgan fingerprint density at radius 3 is 2.62 bits per heavy atom. The number of alkyl halides is 1. The Morgan fingerprint density at radius 2 is 2.08 bits per heavy atom. The molecule has 0 aliphatic carbocycles. The van der Waals surface area contributed by atoms with Crippen LogP contribution in [0, 0.1) is 12.7 Å². The first-order valence-electron chi connectivity index (χ1n) is 4.28. The lowest BCUT2D eigenvalue weighted by Crippen LogP contribution is -2.54. The molecule has 1 aliphatic rings. The standard InChI is InChI=1S/C10H11F2N/c1-7-2-3-8(11)4-9(7)10(12)5-13-6-10/h2-4,13H,5-6H2,1H3. The van der Waals surface area contributed by atoms with E-state index in [0.29, 0.717) is 5.56 Å². The normalized spacial score (nSPS) is 19.6. The molecular formula is C10H11F2N. The Morgan fingerprint density at radius 1 is 1.38 bits per heavy atom. The number of hydrogen-bond donors (Lipinski definition) is 1. The van der Waals surface area contributed by atoms with Crippen LogP contribution in [-0.2, 0) is 5.67 Å². The van der Waals surface area contributed by atoms with Gasteiger partial charge >= 0.3 is 0 Å². The third-order valence-electron chi connectivity index (χ3n) is 2.49. The minimum absolute atomic E-state index is 0.289. The second-order valence-corrected chi connectivity index (χ2v) is 3.53. The summed E-state index contributed by atoms with van der Waals surface area (Å²) in [6.45, 7) is 2.38. The number of nitrogens with one attached hydrogen (secondary N) is 1. The van der Waals surface area contributed by atoms with Crippen molar-refractivity contribution in [3.05, 3.63) is 35.1 Å². The Kier molecular flexibility index (Phi) is 1.84. The Bertz CT molecular complexity index is 332. The molecular weight excluding hydrogens is 172 g/mol. The molecule has 0 amide bonds. The fourth-order valence-electron chi connectivity index (χ4n) is 1.61. The second kappa shape index (κ2) is 2.77. The van der Waals surface area contributed by atoms with Crippen LogP contribution in [0.15, 0.2) is 18.2 Å². The van der Waals surface area contributed by atoms with E-state index in [1.54, 1.807) is 13.0 Å². The molecule has 1 aromatic rings. The van der Waals surface area contributed by atoms with Crippen molar-refractivity contribution >= 4 is 0 Å². The Hall–Kier alpha value is -0.960. The zero-order valence-electron chi connectivity index (χ0n) is 7.40. The molecule has 3 heteroatoms. The van der Waals surface area contributed by atoms with E-state index >= 15 is 0 Å². The molecule has 1 fully saturated rings. The molecule has 0 aromatic heterocycles. The van der Waals surface area contributed by atoms with Gasteiger partial charge in [-0.2, -0.15) is 0 Å². The lowest BCUT2D eigenvalue weighted by atomic mass is 9.87. The number of benzene rings is 1. The van der Waals surface area contributed by atoms with E-state index in [2.05, 4.69) is 5.32 Å². The van der Waals surface area contributed by atoms with Crippen molar-refractivity contribution in [1.82, 2.24) is 5.32 Å². The van der Waals surface area contributed by atoms with Crippen LogP contribution in [0.1, 0.15) is 11.1 Å². The number of rotatable bonds is 1. The fraction of sp³-hybridized carbons (Fsp3) is 0.400. The van der Waals surface area contributed by atoms with Gasteiger partial charge in [-0.15, -0.1) is 0 Å². The van der Waals surface area contributed by atoms with Gasteiger partial charge in [0.05, 0.1) is 0 Å². The summed E-state index contributed by atoms with van der Waals surface area (Å²) >= 11 is 0. The quantitative estimate of drug-likeness (QED) is 0.701. The van der Waals surface area contributed by atoms with Crippen molar-refractivity contribution in [2.45, 2.75) is 12.6 Å². The highest BCUT2D eigenvalue weighted by molar-refractivity contribution is 5.34. The van der Waals surface area contributed by atoms with E-state index in [-0.39, 0.29) is 18.9 Å². The maximum absolute atomic E-state index is 13.9. The van der Waals surface area contributed by atoms with E-state index in [9.17, 15) is 8.78 Å². The van der Waals surface area contributed by atoms with Crippen LogP contribution in [0.5, 0.6) is 0 Å². The van der Waals surface area contributed by atoms with Crippen molar-refractivity contribution in [1.29, 1.82) is 0 Å². The van der Waals surface area contributed by atoms with Crippen LogP contribution >= 0.6 is 0 Å². The maximum Gasteiger partial charge on any atom is 0.161 e. The summed E-state index contributed by atoms with van der Waals surface area (Å²) in [5.74, 6) is -0.371. The first-order chi connectivity index (χ1) is 6.12. The van der Waals surface area contributed by atoms with E-state index in [0.717, 1.165) is 5.56 Å². The maximum atomic E-state index is 13.9.